The molecule has 3 rings (SSSR count). The van der Waals surface area contributed by atoms with E-state index < -0.39 is 33.8 Å². The zero-order valence-corrected chi connectivity index (χ0v) is 23.9. The van der Waals surface area contributed by atoms with E-state index in [9.17, 15) is 27.1 Å². The molecule has 11 heteroatoms. The van der Waals surface area contributed by atoms with Crippen LogP contribution in [0.15, 0.2) is 36.4 Å². The Bertz CT molecular complexity index is 1210. The Kier molecular flexibility index (Phi) is 10.8. The van der Waals surface area contributed by atoms with Crippen LogP contribution in [0.3, 0.4) is 0 Å². The number of rotatable bonds is 12. The lowest BCUT2D eigenvalue weighted by molar-refractivity contribution is -0.120. The van der Waals surface area contributed by atoms with Crippen LogP contribution in [0.1, 0.15) is 37.5 Å². The Labute approximate surface area is 230 Å². The number of nitrogens with zero attached hydrogens (tertiary/aromatic N) is 2. The van der Waals surface area contributed by atoms with Gasteiger partial charge in [-0.1, -0.05) is 26.0 Å². The SMILES string of the molecule is CC(=O)NC(Cc1cc(F)cc(F)c1)C(O)CNCc1cc(CC(C)C)ccc1N1CCN(S(C)(=O)=O)CC1. The molecule has 39 heavy (non-hydrogen) atoms. The molecule has 2 aromatic rings. The Balaban J connectivity index is 1.71. The standard InChI is InChI=1S/C28H40F2N4O4S/c1-19(2)11-21-5-6-27(33-7-9-34(10-8-33)39(4,37)38)23(12-21)17-31-18-28(36)26(32-20(3)35)15-22-13-24(29)16-25(30)14-22/h5-6,12-14,16,19,26,28,31,36H,7-11,15,17-18H2,1-4H3,(H,32,35). The van der Waals surface area contributed by atoms with Gasteiger partial charge in [0.1, 0.15) is 11.6 Å². The third kappa shape index (κ3) is 9.52. The molecule has 1 saturated heterocycles. The molecule has 2 aromatic carbocycles. The number of sulfonamides is 1. The molecular weight excluding hydrogens is 526 g/mol. The minimum Gasteiger partial charge on any atom is -0.390 e. The van der Waals surface area contributed by atoms with E-state index in [2.05, 4.69) is 47.6 Å². The van der Waals surface area contributed by atoms with Gasteiger partial charge in [-0.05, 0) is 53.6 Å². The van der Waals surface area contributed by atoms with E-state index in [1.807, 2.05) is 0 Å². The van der Waals surface area contributed by atoms with Gasteiger partial charge in [-0.3, -0.25) is 4.79 Å². The fourth-order valence-electron chi connectivity index (χ4n) is 4.97. The number of hydrogen-bond acceptors (Lipinski definition) is 6. The van der Waals surface area contributed by atoms with E-state index in [-0.39, 0.29) is 18.9 Å². The molecule has 0 saturated carbocycles. The first-order valence-electron chi connectivity index (χ1n) is 13.2. The van der Waals surface area contributed by atoms with Crippen molar-refractivity contribution in [3.63, 3.8) is 0 Å². The number of amides is 1. The van der Waals surface area contributed by atoms with Gasteiger partial charge in [0, 0.05) is 57.9 Å². The van der Waals surface area contributed by atoms with Crippen molar-refractivity contribution in [2.45, 2.75) is 52.3 Å². The smallest absolute Gasteiger partial charge is 0.217 e. The molecule has 1 aliphatic heterocycles. The van der Waals surface area contributed by atoms with Crippen LogP contribution in [0.5, 0.6) is 0 Å². The van der Waals surface area contributed by atoms with E-state index in [1.54, 1.807) is 0 Å². The Morgan fingerprint density at radius 3 is 2.21 bits per heavy atom. The molecule has 3 N–H and O–H groups in total. The molecular formula is C28H40F2N4O4S. The number of carbonyl (C=O) groups excluding carboxylic acids is 1. The van der Waals surface area contributed by atoms with Crippen molar-refractivity contribution in [3.8, 4) is 0 Å². The number of anilines is 1. The highest BCUT2D eigenvalue weighted by molar-refractivity contribution is 7.88. The van der Waals surface area contributed by atoms with Crippen LogP contribution in [-0.2, 0) is 34.2 Å². The van der Waals surface area contributed by atoms with Crippen molar-refractivity contribution in [1.82, 2.24) is 14.9 Å². The van der Waals surface area contributed by atoms with Gasteiger partial charge in [0.15, 0.2) is 0 Å². The zero-order valence-electron chi connectivity index (χ0n) is 23.1. The molecule has 1 heterocycles. The minimum absolute atomic E-state index is 0.0663. The summed E-state index contributed by atoms with van der Waals surface area (Å²) < 4.78 is 52.7. The van der Waals surface area contributed by atoms with E-state index >= 15 is 0 Å². The van der Waals surface area contributed by atoms with Gasteiger partial charge >= 0.3 is 0 Å². The van der Waals surface area contributed by atoms with E-state index in [0.29, 0.717) is 44.2 Å². The van der Waals surface area contributed by atoms with Crippen LogP contribution >= 0.6 is 0 Å². The second kappa shape index (κ2) is 13.6. The predicted molar refractivity (Wildman–Crippen MR) is 149 cm³/mol. The number of aliphatic hydroxyl groups excluding tert-OH is 1. The lowest BCUT2D eigenvalue weighted by atomic mass is 9.98. The molecule has 8 nitrogen and oxygen atoms in total. The number of nitrogens with one attached hydrogen (secondary N) is 2. The Hall–Kier alpha value is -2.60. The molecule has 0 bridgehead atoms. The monoisotopic (exact) mass is 566 g/mol. The fraction of sp³-hybridized carbons (Fsp3) is 0.536. The zero-order chi connectivity index (χ0) is 28.7. The summed E-state index contributed by atoms with van der Waals surface area (Å²) >= 11 is 0. The van der Waals surface area contributed by atoms with E-state index in [4.69, 9.17) is 0 Å². The lowest BCUT2D eigenvalue weighted by Crippen LogP contribution is -2.49. The summed E-state index contributed by atoms with van der Waals surface area (Å²) in [5.41, 5.74) is 3.55. The minimum atomic E-state index is -3.23. The highest BCUT2D eigenvalue weighted by Crippen LogP contribution is 2.25. The molecule has 1 amide bonds. The number of hydrogen-bond donors (Lipinski definition) is 3. The van der Waals surface area contributed by atoms with Crippen molar-refractivity contribution in [2.75, 3.05) is 43.9 Å². The van der Waals surface area contributed by atoms with Gasteiger partial charge in [-0.15, -0.1) is 0 Å². The number of halogens is 2. The summed E-state index contributed by atoms with van der Waals surface area (Å²) in [7, 11) is -3.23. The first-order valence-corrected chi connectivity index (χ1v) is 15.1. The van der Waals surface area contributed by atoms with Crippen molar-refractivity contribution < 1.29 is 27.1 Å². The Morgan fingerprint density at radius 1 is 1.00 bits per heavy atom. The maximum atomic E-state index is 13.7. The number of benzene rings is 2. The largest absolute Gasteiger partial charge is 0.390 e. The first kappa shape index (κ1) is 30.9. The summed E-state index contributed by atoms with van der Waals surface area (Å²) in [5, 5.41) is 16.9. The summed E-state index contributed by atoms with van der Waals surface area (Å²) in [6.45, 7) is 8.18. The van der Waals surface area contributed by atoms with Gasteiger partial charge in [0.25, 0.3) is 0 Å². The molecule has 0 aromatic heterocycles. The topological polar surface area (TPSA) is 102 Å². The number of carbonyl (C=O) groups is 1. The van der Waals surface area contributed by atoms with Crippen molar-refractivity contribution >= 4 is 21.6 Å². The first-order chi connectivity index (χ1) is 18.3. The van der Waals surface area contributed by atoms with Crippen molar-refractivity contribution in [3.05, 3.63) is 64.7 Å². The highest BCUT2D eigenvalue weighted by atomic mass is 32.2. The van der Waals surface area contributed by atoms with Crippen molar-refractivity contribution in [2.24, 2.45) is 5.92 Å². The quantitative estimate of drug-likeness (QED) is 0.365. The summed E-state index contributed by atoms with van der Waals surface area (Å²) in [5.74, 6) is -1.31. The van der Waals surface area contributed by atoms with Gasteiger partial charge in [0.05, 0.1) is 18.4 Å². The summed E-state index contributed by atoms with van der Waals surface area (Å²) in [4.78, 5) is 13.9. The fourth-order valence-corrected chi connectivity index (χ4v) is 5.80. The summed E-state index contributed by atoms with van der Waals surface area (Å²) in [6.07, 6.45) is 1.19. The van der Waals surface area contributed by atoms with Crippen LogP contribution < -0.4 is 15.5 Å². The number of piperazine rings is 1. The van der Waals surface area contributed by atoms with Gasteiger partial charge < -0.3 is 20.6 Å². The van der Waals surface area contributed by atoms with Gasteiger partial charge in [-0.25, -0.2) is 17.2 Å². The third-order valence-electron chi connectivity index (χ3n) is 6.74. The van der Waals surface area contributed by atoms with Gasteiger partial charge in [-0.2, -0.15) is 4.31 Å². The van der Waals surface area contributed by atoms with E-state index in [0.717, 1.165) is 23.7 Å². The van der Waals surface area contributed by atoms with Crippen LogP contribution in [0, 0.1) is 17.6 Å². The van der Waals surface area contributed by atoms with E-state index in [1.165, 1.54) is 35.2 Å². The van der Waals surface area contributed by atoms with Gasteiger partial charge in [0.2, 0.25) is 15.9 Å². The maximum Gasteiger partial charge on any atom is 0.217 e. The molecule has 2 unspecified atom stereocenters. The molecule has 1 fully saturated rings. The predicted octanol–water partition coefficient (Wildman–Crippen LogP) is 2.44. The van der Waals surface area contributed by atoms with Crippen LogP contribution in [0.2, 0.25) is 0 Å². The number of aliphatic hydroxyl groups is 1. The lowest BCUT2D eigenvalue weighted by Gasteiger charge is -2.36. The van der Waals surface area contributed by atoms with Crippen LogP contribution in [-0.4, -0.2) is 74.9 Å². The van der Waals surface area contributed by atoms with Crippen LogP contribution in [0.4, 0.5) is 14.5 Å². The average Bonchev–Trinajstić information content (AvgIpc) is 2.82. The second-order valence-corrected chi connectivity index (χ2v) is 12.7. The molecule has 0 aliphatic carbocycles. The molecule has 0 spiro atoms. The molecule has 216 valence electrons. The van der Waals surface area contributed by atoms with Crippen molar-refractivity contribution in [1.29, 1.82) is 0 Å². The highest BCUT2D eigenvalue weighted by Gasteiger charge is 2.25. The second-order valence-electron chi connectivity index (χ2n) is 10.7. The molecule has 2 atom stereocenters. The van der Waals surface area contributed by atoms with Crippen LogP contribution in [0.25, 0.3) is 0 Å². The average molecular weight is 567 g/mol. The molecule has 1 aliphatic rings. The third-order valence-corrected chi connectivity index (χ3v) is 8.04. The Morgan fingerprint density at radius 2 is 1.64 bits per heavy atom. The maximum absolute atomic E-state index is 13.7. The summed E-state index contributed by atoms with van der Waals surface area (Å²) in [6, 6.07) is 8.72. The normalized spacial score (nSPS) is 16.4. The molecule has 0 radical (unpaired) electrons.